The molecule has 0 aliphatic carbocycles. The Morgan fingerprint density at radius 3 is 2.34 bits per heavy atom. The smallest absolute Gasteiger partial charge is 0.242 e. The Balaban J connectivity index is 1.92. The molecule has 0 saturated carbocycles. The molecule has 0 saturated heterocycles. The minimum atomic E-state index is -3.45. The fourth-order valence-corrected chi connectivity index (χ4v) is 4.30. The second-order valence-electron chi connectivity index (χ2n) is 6.94. The zero-order valence-corrected chi connectivity index (χ0v) is 18.2. The maximum Gasteiger partial charge on any atom is 0.242 e. The second-order valence-corrected chi connectivity index (χ2v) is 9.50. The van der Waals surface area contributed by atoms with E-state index in [0.717, 1.165) is 28.1 Å². The molecule has 0 unspecified atom stereocenters. The summed E-state index contributed by atoms with van der Waals surface area (Å²) in [6.45, 7) is 4.42. The topological polar surface area (TPSA) is 79.0 Å². The number of aryl methyl sites for hydroxylation is 1. The van der Waals surface area contributed by atoms with Crippen molar-refractivity contribution in [2.75, 3.05) is 14.1 Å². The van der Waals surface area contributed by atoms with Gasteiger partial charge in [0.25, 0.3) is 0 Å². The van der Waals surface area contributed by atoms with Crippen LogP contribution in [0.2, 0.25) is 5.02 Å². The summed E-state index contributed by atoms with van der Waals surface area (Å²) in [6.07, 6.45) is 0. The quantitative estimate of drug-likeness (QED) is 0.615. The number of nitriles is 1. The van der Waals surface area contributed by atoms with Crippen molar-refractivity contribution in [3.63, 3.8) is 0 Å². The van der Waals surface area contributed by atoms with Crippen LogP contribution in [-0.2, 0) is 16.6 Å². The van der Waals surface area contributed by atoms with Gasteiger partial charge in [0.05, 0.1) is 27.7 Å². The third-order valence-electron chi connectivity index (χ3n) is 4.79. The van der Waals surface area contributed by atoms with Crippen LogP contribution in [0.1, 0.15) is 22.5 Å². The zero-order chi connectivity index (χ0) is 21.3. The first-order valence-electron chi connectivity index (χ1n) is 8.90. The van der Waals surface area contributed by atoms with Crippen LogP contribution < -0.4 is 0 Å². The Bertz CT molecular complexity index is 1210. The lowest BCUT2D eigenvalue weighted by molar-refractivity contribution is 0.520. The number of aromatic nitrogens is 2. The number of sulfonamides is 1. The Morgan fingerprint density at radius 1 is 1.14 bits per heavy atom. The highest BCUT2D eigenvalue weighted by atomic mass is 35.5. The molecule has 0 bridgehead atoms. The Labute approximate surface area is 176 Å². The van der Waals surface area contributed by atoms with E-state index in [4.69, 9.17) is 16.9 Å². The van der Waals surface area contributed by atoms with E-state index in [1.807, 2.05) is 24.6 Å². The van der Waals surface area contributed by atoms with Crippen molar-refractivity contribution in [3.05, 3.63) is 70.0 Å². The third-order valence-corrected chi connectivity index (χ3v) is 6.94. The van der Waals surface area contributed by atoms with E-state index in [0.29, 0.717) is 17.1 Å². The van der Waals surface area contributed by atoms with Crippen molar-refractivity contribution in [3.8, 4) is 17.2 Å². The van der Waals surface area contributed by atoms with Gasteiger partial charge in [0, 0.05) is 25.4 Å². The summed E-state index contributed by atoms with van der Waals surface area (Å²) in [6, 6.07) is 14.2. The van der Waals surface area contributed by atoms with E-state index >= 15 is 0 Å². The predicted molar refractivity (Wildman–Crippen MR) is 113 cm³/mol. The molecule has 3 aromatic rings. The average molecular weight is 429 g/mol. The molecular weight excluding hydrogens is 408 g/mol. The summed E-state index contributed by atoms with van der Waals surface area (Å²) in [5.41, 5.74) is 5.08. The molecule has 29 heavy (non-hydrogen) atoms. The minimum absolute atomic E-state index is 0.257. The molecule has 1 heterocycles. The maximum atomic E-state index is 12.2. The van der Waals surface area contributed by atoms with Crippen LogP contribution in [0.15, 0.2) is 47.4 Å². The van der Waals surface area contributed by atoms with Gasteiger partial charge in [-0.2, -0.15) is 10.4 Å². The zero-order valence-electron chi connectivity index (χ0n) is 16.6. The van der Waals surface area contributed by atoms with Crippen LogP contribution in [0.25, 0.3) is 11.1 Å². The summed E-state index contributed by atoms with van der Waals surface area (Å²) in [7, 11) is -0.428. The number of rotatable bonds is 5. The molecule has 150 valence electrons. The van der Waals surface area contributed by atoms with Crippen LogP contribution in [0.3, 0.4) is 0 Å². The molecule has 2 aromatic carbocycles. The maximum absolute atomic E-state index is 12.2. The molecule has 0 aliphatic rings. The molecule has 0 spiro atoms. The van der Waals surface area contributed by atoms with Crippen molar-refractivity contribution in [1.82, 2.24) is 14.1 Å². The Morgan fingerprint density at radius 2 is 1.79 bits per heavy atom. The van der Waals surface area contributed by atoms with E-state index in [1.165, 1.54) is 18.4 Å². The molecule has 0 aliphatic heterocycles. The number of halogens is 1. The van der Waals surface area contributed by atoms with Crippen LogP contribution in [-0.4, -0.2) is 36.6 Å². The molecule has 1 aromatic heterocycles. The summed E-state index contributed by atoms with van der Waals surface area (Å²) in [5.74, 6) is 0. The van der Waals surface area contributed by atoms with Gasteiger partial charge >= 0.3 is 0 Å². The number of nitrogens with zero attached hydrogens (tertiary/aromatic N) is 4. The van der Waals surface area contributed by atoms with Gasteiger partial charge in [0.2, 0.25) is 10.0 Å². The molecular formula is C21H21ClN4O2S. The lowest BCUT2D eigenvalue weighted by atomic mass is 10.0. The highest BCUT2D eigenvalue weighted by Gasteiger charge is 2.18. The van der Waals surface area contributed by atoms with E-state index in [2.05, 4.69) is 11.2 Å². The van der Waals surface area contributed by atoms with Crippen molar-refractivity contribution in [2.24, 2.45) is 0 Å². The van der Waals surface area contributed by atoms with Gasteiger partial charge in [-0.1, -0.05) is 29.8 Å². The van der Waals surface area contributed by atoms with Gasteiger partial charge in [-0.3, -0.25) is 4.68 Å². The fourth-order valence-electron chi connectivity index (χ4n) is 3.18. The monoisotopic (exact) mass is 428 g/mol. The summed E-state index contributed by atoms with van der Waals surface area (Å²) in [5, 5.41) is 14.1. The first kappa shape index (κ1) is 21.1. The Hall–Kier alpha value is -2.66. The van der Waals surface area contributed by atoms with E-state index in [1.54, 1.807) is 36.4 Å². The first-order chi connectivity index (χ1) is 13.6. The van der Waals surface area contributed by atoms with Gasteiger partial charge in [0.15, 0.2) is 0 Å². The second kappa shape index (κ2) is 7.99. The molecule has 3 rings (SSSR count). The average Bonchev–Trinajstić information content (AvgIpc) is 2.95. The normalized spacial score (nSPS) is 11.6. The van der Waals surface area contributed by atoms with Crippen LogP contribution in [0.5, 0.6) is 0 Å². The molecule has 6 nitrogen and oxygen atoms in total. The molecule has 0 radical (unpaired) electrons. The van der Waals surface area contributed by atoms with Gasteiger partial charge < -0.3 is 0 Å². The van der Waals surface area contributed by atoms with E-state index < -0.39 is 10.0 Å². The molecule has 0 fully saturated rings. The standard InChI is InChI=1S/C21H21ClN4O2S/c1-14-21(17-7-8-18(12-23)20(22)11-17)15(2)26(24-14)13-16-5-9-19(10-6-16)29(27,28)25(3)4/h5-11H,13H2,1-4H3. The van der Waals surface area contributed by atoms with Crippen LogP contribution in [0, 0.1) is 25.2 Å². The minimum Gasteiger partial charge on any atom is -0.265 e. The van der Waals surface area contributed by atoms with Crippen molar-refractivity contribution < 1.29 is 8.42 Å². The predicted octanol–water partition coefficient (Wildman–Crippen LogP) is 3.99. The van der Waals surface area contributed by atoms with Crippen molar-refractivity contribution in [1.29, 1.82) is 5.26 Å². The molecule has 0 atom stereocenters. The van der Waals surface area contributed by atoms with Gasteiger partial charge in [-0.05, 0) is 49.2 Å². The lowest BCUT2D eigenvalue weighted by Crippen LogP contribution is -2.22. The summed E-state index contributed by atoms with van der Waals surface area (Å²) in [4.78, 5) is 0.257. The SMILES string of the molecule is Cc1nn(Cc2ccc(S(=O)(=O)N(C)C)cc2)c(C)c1-c1ccc(C#N)c(Cl)c1. The van der Waals surface area contributed by atoms with Gasteiger partial charge in [-0.15, -0.1) is 0 Å². The number of hydrogen-bond acceptors (Lipinski definition) is 4. The number of hydrogen-bond donors (Lipinski definition) is 0. The number of benzene rings is 2. The highest BCUT2D eigenvalue weighted by molar-refractivity contribution is 7.89. The lowest BCUT2D eigenvalue weighted by Gasteiger charge is -2.12. The van der Waals surface area contributed by atoms with Crippen LogP contribution >= 0.6 is 11.6 Å². The van der Waals surface area contributed by atoms with Gasteiger partial charge in [0.1, 0.15) is 6.07 Å². The van der Waals surface area contributed by atoms with E-state index in [-0.39, 0.29) is 4.90 Å². The molecule has 0 N–H and O–H groups in total. The van der Waals surface area contributed by atoms with Crippen molar-refractivity contribution >= 4 is 21.6 Å². The largest absolute Gasteiger partial charge is 0.265 e. The molecule has 0 amide bonds. The van der Waals surface area contributed by atoms with Gasteiger partial charge in [-0.25, -0.2) is 12.7 Å². The molecule has 8 heteroatoms. The van der Waals surface area contributed by atoms with Crippen molar-refractivity contribution in [2.45, 2.75) is 25.3 Å². The summed E-state index contributed by atoms with van der Waals surface area (Å²) < 4.78 is 27.5. The third kappa shape index (κ3) is 4.06. The highest BCUT2D eigenvalue weighted by Crippen LogP contribution is 2.30. The van der Waals surface area contributed by atoms with Crippen LogP contribution in [0.4, 0.5) is 0 Å². The first-order valence-corrected chi connectivity index (χ1v) is 10.7. The summed E-state index contributed by atoms with van der Waals surface area (Å²) >= 11 is 6.19. The fraction of sp³-hybridized carbons (Fsp3) is 0.238. The van der Waals surface area contributed by atoms with E-state index in [9.17, 15) is 8.42 Å². The Kier molecular flexibility index (Phi) is 5.80.